The summed E-state index contributed by atoms with van der Waals surface area (Å²) in [4.78, 5) is 0. The highest BCUT2D eigenvalue weighted by Gasteiger charge is 2.38. The quantitative estimate of drug-likeness (QED) is 0.906. The maximum atomic E-state index is 12.7. The minimum Gasteiger partial charge on any atom is -0.488 e. The van der Waals surface area contributed by atoms with Crippen LogP contribution in [0.4, 0.5) is 13.2 Å². The molecule has 0 saturated carbocycles. The molecule has 5 heteroatoms. The Bertz CT molecular complexity index is 615. The van der Waals surface area contributed by atoms with Gasteiger partial charge in [0.1, 0.15) is 18.4 Å². The van der Waals surface area contributed by atoms with Crippen molar-refractivity contribution in [2.75, 3.05) is 0 Å². The van der Waals surface area contributed by atoms with E-state index in [0.29, 0.717) is 23.5 Å². The molecule has 0 amide bonds. The number of hydrogen-bond donors (Lipinski definition) is 1. The van der Waals surface area contributed by atoms with Gasteiger partial charge in [0, 0.05) is 0 Å². The Morgan fingerprint density at radius 1 is 1.05 bits per heavy atom. The first-order chi connectivity index (χ1) is 10.3. The summed E-state index contributed by atoms with van der Waals surface area (Å²) in [6.07, 6.45) is -4.45. The van der Waals surface area contributed by atoms with E-state index in [1.165, 1.54) is 12.1 Å². The van der Waals surface area contributed by atoms with E-state index in [1.54, 1.807) is 13.8 Å². The largest absolute Gasteiger partial charge is 0.488 e. The van der Waals surface area contributed by atoms with Crippen molar-refractivity contribution in [1.29, 1.82) is 0 Å². The normalized spacial score (nSPS) is 13.0. The molecule has 2 nitrogen and oxygen atoms in total. The molecule has 118 valence electrons. The van der Waals surface area contributed by atoms with E-state index in [4.69, 9.17) is 10.5 Å². The first kappa shape index (κ1) is 16.4. The highest BCUT2D eigenvalue weighted by Crippen LogP contribution is 2.34. The fourth-order valence-electron chi connectivity index (χ4n) is 2.31. The maximum Gasteiger partial charge on any atom is 0.407 e. The Balaban J connectivity index is 2.20. The average molecular weight is 309 g/mol. The van der Waals surface area contributed by atoms with Crippen molar-refractivity contribution in [3.63, 3.8) is 0 Å². The number of alkyl halides is 3. The standard InChI is InChI=1S/C17H18F3NO/c1-11-8-14(16(21)17(18,19)20)9-12(2)15(11)22-10-13-6-4-3-5-7-13/h3-9,16H,10,21H2,1-2H3/t16-/m0/s1. The summed E-state index contributed by atoms with van der Waals surface area (Å²) < 4.78 is 43.9. The van der Waals surface area contributed by atoms with Gasteiger partial charge in [-0.15, -0.1) is 0 Å². The number of hydrogen-bond acceptors (Lipinski definition) is 2. The van der Waals surface area contributed by atoms with E-state index in [2.05, 4.69) is 0 Å². The van der Waals surface area contributed by atoms with Crippen LogP contribution < -0.4 is 10.5 Å². The molecule has 0 unspecified atom stereocenters. The van der Waals surface area contributed by atoms with Gasteiger partial charge in [0.25, 0.3) is 0 Å². The van der Waals surface area contributed by atoms with Gasteiger partial charge in [-0.25, -0.2) is 0 Å². The SMILES string of the molecule is Cc1cc([C@H](N)C(F)(F)F)cc(C)c1OCc1ccccc1. The van der Waals surface area contributed by atoms with Crippen LogP contribution in [0.25, 0.3) is 0 Å². The Labute approximate surface area is 127 Å². The predicted molar refractivity (Wildman–Crippen MR) is 79.7 cm³/mol. The van der Waals surface area contributed by atoms with Crippen LogP contribution in [0.2, 0.25) is 0 Å². The molecule has 0 aliphatic carbocycles. The highest BCUT2D eigenvalue weighted by atomic mass is 19.4. The Hall–Kier alpha value is -2.01. The lowest BCUT2D eigenvalue weighted by Gasteiger charge is -2.19. The van der Waals surface area contributed by atoms with Crippen molar-refractivity contribution in [1.82, 2.24) is 0 Å². The van der Waals surface area contributed by atoms with Crippen LogP contribution in [0.15, 0.2) is 42.5 Å². The highest BCUT2D eigenvalue weighted by molar-refractivity contribution is 5.44. The summed E-state index contributed by atoms with van der Waals surface area (Å²) in [5.74, 6) is 0.599. The molecule has 0 aliphatic rings. The van der Waals surface area contributed by atoms with Gasteiger partial charge < -0.3 is 10.5 Å². The lowest BCUT2D eigenvalue weighted by molar-refractivity contribution is -0.149. The monoisotopic (exact) mass is 309 g/mol. The third-order valence-corrected chi connectivity index (χ3v) is 3.42. The number of nitrogens with two attached hydrogens (primary N) is 1. The van der Waals surface area contributed by atoms with Crippen LogP contribution >= 0.6 is 0 Å². The smallest absolute Gasteiger partial charge is 0.407 e. The van der Waals surface area contributed by atoms with Crippen molar-refractivity contribution in [2.45, 2.75) is 32.7 Å². The van der Waals surface area contributed by atoms with Gasteiger partial charge in [-0.2, -0.15) is 13.2 Å². The van der Waals surface area contributed by atoms with E-state index < -0.39 is 12.2 Å². The second-order valence-corrected chi connectivity index (χ2v) is 5.28. The Morgan fingerprint density at radius 2 is 1.59 bits per heavy atom. The van der Waals surface area contributed by atoms with Crippen molar-refractivity contribution < 1.29 is 17.9 Å². The zero-order valence-corrected chi connectivity index (χ0v) is 12.4. The zero-order valence-electron chi connectivity index (χ0n) is 12.4. The van der Waals surface area contributed by atoms with Crippen molar-refractivity contribution in [3.8, 4) is 5.75 Å². The van der Waals surface area contributed by atoms with E-state index in [-0.39, 0.29) is 5.56 Å². The molecule has 1 atom stereocenters. The Morgan fingerprint density at radius 3 is 2.09 bits per heavy atom. The molecule has 2 aromatic rings. The number of aryl methyl sites for hydroxylation is 2. The molecule has 0 aliphatic heterocycles. The summed E-state index contributed by atoms with van der Waals surface area (Å²) in [6, 6.07) is 10.5. The second-order valence-electron chi connectivity index (χ2n) is 5.28. The van der Waals surface area contributed by atoms with Gasteiger partial charge in [0.05, 0.1) is 0 Å². The molecule has 0 heterocycles. The summed E-state index contributed by atoms with van der Waals surface area (Å²) in [6.45, 7) is 3.81. The lowest BCUT2D eigenvalue weighted by atomic mass is 10.0. The third kappa shape index (κ3) is 3.80. The van der Waals surface area contributed by atoms with Gasteiger partial charge in [0.2, 0.25) is 0 Å². The van der Waals surface area contributed by atoms with E-state index in [0.717, 1.165) is 5.56 Å². The molecule has 2 N–H and O–H groups in total. The maximum absolute atomic E-state index is 12.7. The van der Waals surface area contributed by atoms with Gasteiger partial charge >= 0.3 is 6.18 Å². The molecule has 0 bridgehead atoms. The fourth-order valence-corrected chi connectivity index (χ4v) is 2.31. The number of rotatable bonds is 4. The minimum atomic E-state index is -4.45. The third-order valence-electron chi connectivity index (χ3n) is 3.42. The number of ether oxygens (including phenoxy) is 1. The molecule has 0 spiro atoms. The molecule has 0 fully saturated rings. The molecular weight excluding hydrogens is 291 g/mol. The minimum absolute atomic E-state index is 0.0505. The fraction of sp³-hybridized carbons (Fsp3) is 0.294. The molecule has 2 rings (SSSR count). The molecule has 0 aromatic heterocycles. The predicted octanol–water partition coefficient (Wildman–Crippen LogP) is 4.44. The number of halogens is 3. The molecule has 2 aromatic carbocycles. The van der Waals surface area contributed by atoms with E-state index >= 15 is 0 Å². The summed E-state index contributed by atoms with van der Waals surface area (Å²) in [5, 5.41) is 0. The van der Waals surface area contributed by atoms with Gasteiger partial charge in [-0.3, -0.25) is 0 Å². The molecule has 0 radical (unpaired) electrons. The summed E-state index contributed by atoms with van der Waals surface area (Å²) >= 11 is 0. The van der Waals surface area contributed by atoms with E-state index in [1.807, 2.05) is 30.3 Å². The zero-order chi connectivity index (χ0) is 16.3. The van der Waals surface area contributed by atoms with Gasteiger partial charge in [-0.1, -0.05) is 42.5 Å². The van der Waals surface area contributed by atoms with Crippen LogP contribution in [-0.4, -0.2) is 6.18 Å². The van der Waals surface area contributed by atoms with Crippen LogP contribution in [0.5, 0.6) is 5.75 Å². The first-order valence-electron chi connectivity index (χ1n) is 6.89. The van der Waals surface area contributed by atoms with Gasteiger partial charge in [-0.05, 0) is 36.1 Å². The first-order valence-corrected chi connectivity index (χ1v) is 6.89. The van der Waals surface area contributed by atoms with Gasteiger partial charge in [0.15, 0.2) is 0 Å². The lowest BCUT2D eigenvalue weighted by Crippen LogP contribution is -2.28. The topological polar surface area (TPSA) is 35.2 Å². The molecule has 22 heavy (non-hydrogen) atoms. The second kappa shape index (κ2) is 6.40. The van der Waals surface area contributed by atoms with Crippen molar-refractivity contribution in [3.05, 3.63) is 64.7 Å². The summed E-state index contributed by atoms with van der Waals surface area (Å²) in [7, 11) is 0. The molecular formula is C17H18F3NO. The van der Waals surface area contributed by atoms with Crippen LogP contribution in [0, 0.1) is 13.8 Å². The summed E-state index contributed by atoms with van der Waals surface area (Å²) in [5.41, 5.74) is 7.60. The van der Waals surface area contributed by atoms with Crippen molar-refractivity contribution >= 4 is 0 Å². The average Bonchev–Trinajstić information content (AvgIpc) is 2.45. The Kier molecular flexibility index (Phi) is 4.76. The van der Waals surface area contributed by atoms with E-state index in [9.17, 15) is 13.2 Å². The van der Waals surface area contributed by atoms with Crippen LogP contribution in [-0.2, 0) is 6.61 Å². The van der Waals surface area contributed by atoms with Crippen LogP contribution in [0.1, 0.15) is 28.3 Å². The number of benzene rings is 2. The van der Waals surface area contributed by atoms with Crippen molar-refractivity contribution in [2.24, 2.45) is 5.73 Å². The molecule has 0 saturated heterocycles. The van der Waals surface area contributed by atoms with Crippen LogP contribution in [0.3, 0.4) is 0 Å².